The average molecular weight is 669 g/mol. The molecule has 0 bridgehead atoms. The highest BCUT2D eigenvalue weighted by atomic mass is 19.4. The fourth-order valence-corrected chi connectivity index (χ4v) is 6.93. The van der Waals surface area contributed by atoms with Crippen LogP contribution in [0.4, 0.5) is 18.0 Å². The summed E-state index contributed by atoms with van der Waals surface area (Å²) in [7, 11) is 4.44. The van der Waals surface area contributed by atoms with E-state index in [0.29, 0.717) is 35.8 Å². The van der Waals surface area contributed by atoms with Gasteiger partial charge in [-0.1, -0.05) is 36.4 Å². The molecule has 9 nitrogen and oxygen atoms in total. The maximum atomic E-state index is 14.2. The number of hydrogen-bond donors (Lipinski definition) is 1. The van der Waals surface area contributed by atoms with E-state index >= 15 is 0 Å². The zero-order valence-electron chi connectivity index (χ0n) is 27.5. The van der Waals surface area contributed by atoms with E-state index in [9.17, 15) is 28.0 Å². The molecular weight excluding hydrogens is 631 g/mol. The number of carbonyl (C=O) groups is 1. The molecule has 0 unspecified atom stereocenters. The molecule has 1 N–H and O–H groups in total. The minimum atomic E-state index is -4.63. The van der Waals surface area contributed by atoms with Gasteiger partial charge in [-0.3, -0.25) is 4.57 Å². The normalized spacial score (nSPS) is 16.7. The number of nitriles is 1. The van der Waals surface area contributed by atoms with Crippen LogP contribution < -0.4 is 11.0 Å². The van der Waals surface area contributed by atoms with Crippen molar-refractivity contribution in [2.75, 3.05) is 14.1 Å². The Morgan fingerprint density at radius 3 is 2.31 bits per heavy atom. The van der Waals surface area contributed by atoms with E-state index in [2.05, 4.69) is 42.7 Å². The molecular formula is C37H37F3N7O2+. The van der Waals surface area contributed by atoms with E-state index in [-0.39, 0.29) is 23.1 Å². The Morgan fingerprint density at radius 2 is 1.65 bits per heavy atom. The fraction of sp³-hybridized carbons (Fsp3) is 0.297. The van der Waals surface area contributed by atoms with Gasteiger partial charge in [0.05, 0.1) is 66.3 Å². The lowest BCUT2D eigenvalue weighted by Crippen LogP contribution is -2.52. The van der Waals surface area contributed by atoms with Gasteiger partial charge in [0, 0.05) is 24.4 Å². The molecule has 252 valence electrons. The van der Waals surface area contributed by atoms with Gasteiger partial charge in [0.25, 0.3) is 0 Å². The van der Waals surface area contributed by atoms with E-state index in [1.54, 1.807) is 37.3 Å². The Bertz CT molecular complexity index is 2060. The number of halogens is 3. The molecule has 0 saturated heterocycles. The Hall–Kier alpha value is -5.41. The largest absolute Gasteiger partial charge is 0.416 e. The highest BCUT2D eigenvalue weighted by molar-refractivity contribution is 5.83. The molecule has 0 aliphatic heterocycles. The summed E-state index contributed by atoms with van der Waals surface area (Å²) in [5.41, 5.74) is 1.37. The van der Waals surface area contributed by atoms with E-state index < -0.39 is 23.5 Å². The second-order valence-corrected chi connectivity index (χ2v) is 13.1. The Labute approximate surface area is 282 Å². The molecule has 6 rings (SSSR count). The monoisotopic (exact) mass is 668 g/mol. The average Bonchev–Trinajstić information content (AvgIpc) is 3.66. The molecule has 0 atom stereocenters. The van der Waals surface area contributed by atoms with Gasteiger partial charge >= 0.3 is 17.9 Å². The first-order valence-corrected chi connectivity index (χ1v) is 16.1. The summed E-state index contributed by atoms with van der Waals surface area (Å²) in [6.45, 7) is 2.48. The number of carbonyl (C=O) groups excluding carboxylic acids is 1. The number of quaternary nitrogens is 1. The highest BCUT2D eigenvalue weighted by Gasteiger charge is 2.35. The summed E-state index contributed by atoms with van der Waals surface area (Å²) < 4.78 is 45.6. The third-order valence-electron chi connectivity index (χ3n) is 9.49. The summed E-state index contributed by atoms with van der Waals surface area (Å²) in [4.78, 5) is 28.3. The van der Waals surface area contributed by atoms with Crippen LogP contribution in [-0.4, -0.2) is 55.6 Å². The van der Waals surface area contributed by atoms with Gasteiger partial charge in [-0.2, -0.15) is 23.5 Å². The second-order valence-electron chi connectivity index (χ2n) is 13.1. The molecule has 3 aromatic carbocycles. The standard InChI is InChI=1S/C37H36F3N7O2/c1-25-34(33-20-21-42-46(33)30-16-12-26(23-41)13-17-30)45(36(49)44(25)31-11-7-10-28(22-31)37(38,39)40)35(48)43-29-14-18-32(19-15-29)47(2,3)24-27-8-5-4-6-9-27/h4-13,16-17,20-22,29,32H,14-15,18-19,24H2,1-3H3/p+1. The molecule has 1 fully saturated rings. The molecule has 5 aromatic rings. The molecule has 1 aliphatic rings. The number of aromatic nitrogens is 4. The summed E-state index contributed by atoms with van der Waals surface area (Å²) in [6.07, 6.45) is 0.0706. The van der Waals surface area contributed by atoms with Crippen molar-refractivity contribution in [2.45, 2.75) is 57.4 Å². The van der Waals surface area contributed by atoms with E-state index in [1.807, 2.05) is 18.2 Å². The number of alkyl halides is 3. The van der Waals surface area contributed by atoms with Crippen LogP contribution in [0.5, 0.6) is 0 Å². The smallest absolute Gasteiger partial charge is 0.335 e. The van der Waals surface area contributed by atoms with Crippen molar-refractivity contribution in [1.29, 1.82) is 5.26 Å². The van der Waals surface area contributed by atoms with E-state index in [1.165, 1.54) is 28.6 Å². The van der Waals surface area contributed by atoms with Gasteiger partial charge in [0.1, 0.15) is 12.2 Å². The number of nitrogens with zero attached hydrogens (tertiary/aromatic N) is 6. The maximum Gasteiger partial charge on any atom is 0.416 e. The molecule has 1 aliphatic carbocycles. The predicted molar refractivity (Wildman–Crippen MR) is 179 cm³/mol. The van der Waals surface area contributed by atoms with Crippen molar-refractivity contribution in [3.05, 3.63) is 124 Å². The molecule has 0 radical (unpaired) electrons. The van der Waals surface area contributed by atoms with Gasteiger partial charge in [-0.15, -0.1) is 0 Å². The first-order valence-electron chi connectivity index (χ1n) is 16.1. The van der Waals surface area contributed by atoms with Crippen LogP contribution >= 0.6 is 0 Å². The van der Waals surface area contributed by atoms with Gasteiger partial charge < -0.3 is 9.80 Å². The third-order valence-corrected chi connectivity index (χ3v) is 9.49. The van der Waals surface area contributed by atoms with Crippen LogP contribution in [0.25, 0.3) is 22.8 Å². The van der Waals surface area contributed by atoms with E-state index in [4.69, 9.17) is 0 Å². The minimum absolute atomic E-state index is 0.0199. The third kappa shape index (κ3) is 6.80. The van der Waals surface area contributed by atoms with Crippen molar-refractivity contribution in [1.82, 2.24) is 24.2 Å². The van der Waals surface area contributed by atoms with Gasteiger partial charge in [0.15, 0.2) is 0 Å². The quantitative estimate of drug-likeness (QED) is 0.192. The Balaban J connectivity index is 1.34. The topological polar surface area (TPSA) is 97.6 Å². The van der Waals surface area contributed by atoms with Crippen LogP contribution in [-0.2, 0) is 12.7 Å². The maximum absolute atomic E-state index is 14.2. The molecule has 2 aromatic heterocycles. The first-order chi connectivity index (χ1) is 23.4. The molecule has 12 heteroatoms. The zero-order valence-corrected chi connectivity index (χ0v) is 27.5. The SMILES string of the molecule is Cc1c(-c2ccnn2-c2ccc(C#N)cc2)n(C(=O)NC2CCC([N+](C)(C)Cc3ccccc3)CC2)c(=O)n1-c1cccc(C(F)(F)F)c1. The van der Waals surface area contributed by atoms with Crippen LogP contribution in [0.2, 0.25) is 0 Å². The second kappa shape index (κ2) is 13.2. The summed E-state index contributed by atoms with van der Waals surface area (Å²) in [5, 5.41) is 16.7. The Kier molecular flexibility index (Phi) is 9.05. The zero-order chi connectivity index (χ0) is 34.9. The van der Waals surface area contributed by atoms with Crippen molar-refractivity contribution < 1.29 is 22.4 Å². The fourth-order valence-electron chi connectivity index (χ4n) is 6.93. The first kappa shape index (κ1) is 33.5. The molecule has 0 spiro atoms. The minimum Gasteiger partial charge on any atom is -0.335 e. The lowest BCUT2D eigenvalue weighted by Gasteiger charge is -2.42. The van der Waals surface area contributed by atoms with Crippen molar-refractivity contribution in [2.24, 2.45) is 0 Å². The number of benzene rings is 3. The Morgan fingerprint density at radius 1 is 0.959 bits per heavy atom. The lowest BCUT2D eigenvalue weighted by molar-refractivity contribution is -0.929. The van der Waals surface area contributed by atoms with Crippen molar-refractivity contribution >= 4 is 6.03 Å². The highest BCUT2D eigenvalue weighted by Crippen LogP contribution is 2.33. The summed E-state index contributed by atoms with van der Waals surface area (Å²) in [5.74, 6) is 0. The number of amides is 1. The molecule has 2 heterocycles. The number of rotatable bonds is 7. The predicted octanol–water partition coefficient (Wildman–Crippen LogP) is 6.84. The summed E-state index contributed by atoms with van der Waals surface area (Å²) in [6, 6.07) is 24.7. The number of nitrogens with one attached hydrogen (secondary N) is 1. The van der Waals surface area contributed by atoms with Gasteiger partial charge in [-0.25, -0.2) is 18.8 Å². The number of imidazole rings is 1. The van der Waals surface area contributed by atoms with Crippen LogP contribution in [0.3, 0.4) is 0 Å². The van der Waals surface area contributed by atoms with Crippen LogP contribution in [0.1, 0.15) is 48.1 Å². The van der Waals surface area contributed by atoms with Crippen molar-refractivity contribution in [3.63, 3.8) is 0 Å². The van der Waals surface area contributed by atoms with Crippen LogP contribution in [0, 0.1) is 18.3 Å². The molecule has 1 saturated carbocycles. The summed E-state index contributed by atoms with van der Waals surface area (Å²) >= 11 is 0. The molecule has 1 amide bonds. The van der Waals surface area contributed by atoms with Gasteiger partial charge in [0.2, 0.25) is 0 Å². The number of hydrogen-bond acceptors (Lipinski definition) is 4. The lowest BCUT2D eigenvalue weighted by atomic mass is 9.89. The van der Waals surface area contributed by atoms with E-state index in [0.717, 1.165) is 45.1 Å². The van der Waals surface area contributed by atoms with Crippen LogP contribution in [0.15, 0.2) is 95.9 Å². The molecule has 49 heavy (non-hydrogen) atoms. The van der Waals surface area contributed by atoms with Gasteiger partial charge in [-0.05, 0) is 68.3 Å². The van der Waals surface area contributed by atoms with Crippen molar-refractivity contribution in [3.8, 4) is 28.8 Å².